The average molecular weight is 391 g/mol. The highest BCUT2D eigenvalue weighted by molar-refractivity contribution is 5.79. The van der Waals surface area contributed by atoms with Crippen molar-refractivity contribution in [3.63, 3.8) is 0 Å². The van der Waals surface area contributed by atoms with Gasteiger partial charge in [0.15, 0.2) is 11.5 Å². The minimum Gasteiger partial charge on any atom is -0.493 e. The van der Waals surface area contributed by atoms with E-state index in [1.54, 1.807) is 21.3 Å². The van der Waals surface area contributed by atoms with Crippen molar-refractivity contribution < 1.29 is 19.0 Å². The molecule has 0 radical (unpaired) electrons. The lowest BCUT2D eigenvalue weighted by molar-refractivity contribution is -0.133. The Labute approximate surface area is 168 Å². The van der Waals surface area contributed by atoms with Crippen LogP contribution in [0, 0.1) is 0 Å². The number of carbonyl (C=O) groups excluding carboxylic acids is 1. The highest BCUT2D eigenvalue weighted by atomic mass is 16.5. The first-order chi connectivity index (χ1) is 13.6. The molecule has 2 fully saturated rings. The van der Waals surface area contributed by atoms with Crippen LogP contribution in [0.3, 0.4) is 0 Å². The molecule has 2 aliphatic rings. The van der Waals surface area contributed by atoms with E-state index in [4.69, 9.17) is 14.2 Å². The molecule has 1 saturated carbocycles. The molecule has 28 heavy (non-hydrogen) atoms. The number of rotatable bonds is 7. The molecule has 2 atom stereocenters. The van der Waals surface area contributed by atoms with E-state index in [0.717, 1.165) is 12.0 Å². The van der Waals surface area contributed by atoms with Gasteiger partial charge in [0, 0.05) is 19.1 Å². The normalized spacial score (nSPS) is 22.7. The number of benzene rings is 1. The van der Waals surface area contributed by atoms with E-state index in [1.807, 2.05) is 24.1 Å². The van der Waals surface area contributed by atoms with Gasteiger partial charge < -0.3 is 19.1 Å². The van der Waals surface area contributed by atoms with E-state index in [0.29, 0.717) is 35.8 Å². The molecule has 1 heterocycles. The second-order valence-electron chi connectivity index (χ2n) is 7.88. The van der Waals surface area contributed by atoms with E-state index in [1.165, 1.54) is 45.2 Å². The highest BCUT2D eigenvalue weighted by Gasteiger charge is 2.35. The molecule has 1 aliphatic heterocycles. The van der Waals surface area contributed by atoms with Crippen molar-refractivity contribution in [2.45, 2.75) is 57.0 Å². The number of ether oxygens (including phenoxy) is 3. The molecule has 1 aromatic carbocycles. The van der Waals surface area contributed by atoms with Crippen molar-refractivity contribution >= 4 is 5.91 Å². The SMILES string of the molecule is COc1cc(CC(=O)N(C)C2CCCC[C@@H]2N2CCCC2)cc(OC)c1OC. The van der Waals surface area contributed by atoms with Crippen molar-refractivity contribution in [1.29, 1.82) is 0 Å². The number of nitrogens with zero attached hydrogens (tertiary/aromatic N) is 2. The maximum Gasteiger partial charge on any atom is 0.227 e. The molecule has 1 amide bonds. The predicted molar refractivity (Wildman–Crippen MR) is 109 cm³/mol. The lowest BCUT2D eigenvalue weighted by atomic mass is 9.88. The van der Waals surface area contributed by atoms with E-state index in [-0.39, 0.29) is 5.91 Å². The van der Waals surface area contributed by atoms with Crippen LogP contribution in [0.4, 0.5) is 0 Å². The Hall–Kier alpha value is -1.95. The molecule has 0 bridgehead atoms. The minimum absolute atomic E-state index is 0.144. The Balaban J connectivity index is 1.74. The van der Waals surface area contributed by atoms with Gasteiger partial charge in [-0.05, 0) is 56.5 Å². The summed E-state index contributed by atoms with van der Waals surface area (Å²) < 4.78 is 16.2. The van der Waals surface area contributed by atoms with Crippen LogP contribution in [0.15, 0.2) is 12.1 Å². The van der Waals surface area contributed by atoms with Crippen molar-refractivity contribution in [2.24, 2.45) is 0 Å². The fourth-order valence-corrected chi connectivity index (χ4v) is 4.76. The number of methoxy groups -OCH3 is 3. The monoisotopic (exact) mass is 390 g/mol. The summed E-state index contributed by atoms with van der Waals surface area (Å²) in [7, 11) is 6.75. The standard InChI is InChI=1S/C22H34N2O4/c1-23(17-9-5-6-10-18(17)24-11-7-8-12-24)21(25)15-16-13-19(26-2)22(28-4)20(14-16)27-3/h13-14,17-18H,5-12,15H2,1-4H3/t17?,18-/m0/s1. The van der Waals surface area contributed by atoms with E-state index < -0.39 is 0 Å². The fraction of sp³-hybridized carbons (Fsp3) is 0.682. The van der Waals surface area contributed by atoms with Crippen LogP contribution in [0.2, 0.25) is 0 Å². The quantitative estimate of drug-likeness (QED) is 0.716. The first kappa shape index (κ1) is 20.8. The van der Waals surface area contributed by atoms with E-state index in [9.17, 15) is 4.79 Å². The predicted octanol–water partition coefficient (Wildman–Crippen LogP) is 3.12. The lowest BCUT2D eigenvalue weighted by Crippen LogP contribution is -2.53. The van der Waals surface area contributed by atoms with Gasteiger partial charge in [0.25, 0.3) is 0 Å². The number of likely N-dealkylation sites (N-methyl/N-ethyl adjacent to an activating group) is 1. The van der Waals surface area contributed by atoms with Crippen LogP contribution < -0.4 is 14.2 Å². The molecule has 0 N–H and O–H groups in total. The summed E-state index contributed by atoms with van der Waals surface area (Å²) in [5.74, 6) is 1.86. The van der Waals surface area contributed by atoms with Crippen molar-refractivity contribution in [2.75, 3.05) is 41.5 Å². The van der Waals surface area contributed by atoms with Gasteiger partial charge in [-0.1, -0.05) is 12.8 Å². The molecule has 1 unspecified atom stereocenters. The second kappa shape index (κ2) is 9.50. The minimum atomic E-state index is 0.144. The molecule has 0 spiro atoms. The zero-order chi connectivity index (χ0) is 20.1. The number of hydrogen-bond donors (Lipinski definition) is 0. The van der Waals surface area contributed by atoms with Crippen LogP contribution in [0.25, 0.3) is 0 Å². The zero-order valence-corrected chi connectivity index (χ0v) is 17.7. The first-order valence-electron chi connectivity index (χ1n) is 10.4. The molecule has 6 heteroatoms. The van der Waals surface area contributed by atoms with Gasteiger partial charge in [-0.25, -0.2) is 0 Å². The summed E-state index contributed by atoms with van der Waals surface area (Å²) in [6.45, 7) is 2.35. The van der Waals surface area contributed by atoms with Crippen LogP contribution in [0.1, 0.15) is 44.1 Å². The van der Waals surface area contributed by atoms with Crippen LogP contribution in [-0.2, 0) is 11.2 Å². The summed E-state index contributed by atoms with van der Waals surface area (Å²) in [4.78, 5) is 17.7. The summed E-state index contributed by atoms with van der Waals surface area (Å²) in [6.07, 6.45) is 7.67. The average Bonchev–Trinajstić information content (AvgIpc) is 3.27. The Kier molecular flexibility index (Phi) is 7.05. The van der Waals surface area contributed by atoms with E-state index >= 15 is 0 Å². The van der Waals surface area contributed by atoms with Crippen molar-refractivity contribution in [1.82, 2.24) is 9.80 Å². The maximum absolute atomic E-state index is 13.1. The Bertz CT molecular complexity index is 647. The number of hydrogen-bond acceptors (Lipinski definition) is 5. The Morgan fingerprint density at radius 3 is 2.18 bits per heavy atom. The van der Waals surface area contributed by atoms with Gasteiger partial charge in [-0.2, -0.15) is 0 Å². The molecule has 6 nitrogen and oxygen atoms in total. The summed E-state index contributed by atoms with van der Waals surface area (Å²) >= 11 is 0. The molecule has 1 aromatic rings. The Morgan fingerprint density at radius 2 is 1.61 bits per heavy atom. The first-order valence-corrected chi connectivity index (χ1v) is 10.4. The molecule has 1 saturated heterocycles. The lowest BCUT2D eigenvalue weighted by Gasteiger charge is -2.42. The van der Waals surface area contributed by atoms with Crippen LogP contribution >= 0.6 is 0 Å². The third-order valence-electron chi connectivity index (χ3n) is 6.27. The molecule has 1 aliphatic carbocycles. The number of amides is 1. The summed E-state index contributed by atoms with van der Waals surface area (Å²) in [5, 5.41) is 0. The van der Waals surface area contributed by atoms with Gasteiger partial charge in [0.2, 0.25) is 11.7 Å². The summed E-state index contributed by atoms with van der Waals surface area (Å²) in [5.41, 5.74) is 0.875. The van der Waals surface area contributed by atoms with Gasteiger partial charge in [0.05, 0.1) is 27.8 Å². The fourth-order valence-electron chi connectivity index (χ4n) is 4.76. The largest absolute Gasteiger partial charge is 0.493 e. The third kappa shape index (κ3) is 4.37. The second-order valence-corrected chi connectivity index (χ2v) is 7.88. The molecular weight excluding hydrogens is 356 g/mol. The molecule has 0 aromatic heterocycles. The maximum atomic E-state index is 13.1. The Morgan fingerprint density at radius 1 is 1.00 bits per heavy atom. The zero-order valence-electron chi connectivity index (χ0n) is 17.7. The summed E-state index contributed by atoms with van der Waals surface area (Å²) in [6, 6.07) is 4.55. The van der Waals surface area contributed by atoms with Crippen molar-refractivity contribution in [3.8, 4) is 17.2 Å². The highest BCUT2D eigenvalue weighted by Crippen LogP contribution is 2.38. The van der Waals surface area contributed by atoms with E-state index in [2.05, 4.69) is 4.90 Å². The van der Waals surface area contributed by atoms with Crippen molar-refractivity contribution in [3.05, 3.63) is 17.7 Å². The molecular formula is C22H34N2O4. The van der Waals surface area contributed by atoms with Gasteiger partial charge in [-0.15, -0.1) is 0 Å². The van der Waals surface area contributed by atoms with Gasteiger partial charge in [-0.3, -0.25) is 9.69 Å². The smallest absolute Gasteiger partial charge is 0.227 e. The topological polar surface area (TPSA) is 51.2 Å². The molecule has 156 valence electrons. The number of carbonyl (C=O) groups is 1. The molecule has 3 rings (SSSR count). The van der Waals surface area contributed by atoms with Gasteiger partial charge in [0.1, 0.15) is 0 Å². The number of likely N-dealkylation sites (tertiary alicyclic amines) is 1. The third-order valence-corrected chi connectivity index (χ3v) is 6.27. The van der Waals surface area contributed by atoms with Gasteiger partial charge >= 0.3 is 0 Å². The van der Waals surface area contributed by atoms with Crippen LogP contribution in [-0.4, -0.2) is 69.3 Å². The van der Waals surface area contributed by atoms with Crippen LogP contribution in [0.5, 0.6) is 17.2 Å².